The van der Waals surface area contributed by atoms with E-state index in [1.165, 1.54) is 21.9 Å². The molecule has 67 valence electrons. The molecule has 0 unspecified atom stereocenters. The molecule has 1 aliphatic carbocycles. The average molecular weight is 179 g/mol. The smallest absolute Gasteiger partial charge is 0.0131 e. The van der Waals surface area contributed by atoms with Crippen LogP contribution >= 0.6 is 0 Å². The van der Waals surface area contributed by atoms with Crippen molar-refractivity contribution in [3.63, 3.8) is 0 Å². The molecule has 0 atom stereocenters. The van der Waals surface area contributed by atoms with Gasteiger partial charge in [-0.25, -0.2) is 0 Å². The molecule has 0 spiro atoms. The molecule has 0 fully saturated rings. The Bertz CT molecular complexity index is 506. The first-order valence-electron chi connectivity index (χ1n) is 4.96. The van der Waals surface area contributed by atoms with Crippen LogP contribution < -0.4 is 0 Å². The Morgan fingerprint density at radius 3 is 2.86 bits per heavy atom. The minimum absolute atomic E-state index is 1.07. The molecule has 0 saturated heterocycles. The maximum Gasteiger partial charge on any atom is 0.0131 e. The third-order valence-corrected chi connectivity index (χ3v) is 2.80. The fourth-order valence-corrected chi connectivity index (χ4v) is 2.07. The topological polar surface area (TPSA) is 0 Å². The van der Waals surface area contributed by atoms with Crippen molar-refractivity contribution in [3.05, 3.63) is 66.1 Å². The molecule has 0 nitrogen and oxygen atoms in total. The van der Waals surface area contributed by atoms with Crippen LogP contribution in [0.15, 0.2) is 48.6 Å². The molecule has 0 N–H and O–H groups in total. The molecule has 0 heterocycles. The number of hydrogen-bond donors (Lipinski definition) is 0. The van der Waals surface area contributed by atoms with Gasteiger partial charge in [-0.1, -0.05) is 48.6 Å². The predicted molar refractivity (Wildman–Crippen MR) is 60.2 cm³/mol. The van der Waals surface area contributed by atoms with E-state index in [9.17, 15) is 0 Å². The van der Waals surface area contributed by atoms with Crippen molar-refractivity contribution < 1.29 is 0 Å². The second kappa shape index (κ2) is 2.98. The van der Waals surface area contributed by atoms with Crippen molar-refractivity contribution in [2.24, 2.45) is 0 Å². The summed E-state index contributed by atoms with van der Waals surface area (Å²) in [4.78, 5) is 0. The molecule has 1 radical (unpaired) electrons. The van der Waals surface area contributed by atoms with E-state index in [4.69, 9.17) is 0 Å². The van der Waals surface area contributed by atoms with E-state index in [1.807, 2.05) is 0 Å². The van der Waals surface area contributed by atoms with Gasteiger partial charge >= 0.3 is 0 Å². The van der Waals surface area contributed by atoms with E-state index >= 15 is 0 Å². The summed E-state index contributed by atoms with van der Waals surface area (Å²) in [7, 11) is 0. The Kier molecular flexibility index (Phi) is 1.66. The highest BCUT2D eigenvalue weighted by atomic mass is 14.1. The summed E-state index contributed by atoms with van der Waals surface area (Å²) < 4.78 is 0. The van der Waals surface area contributed by atoms with Crippen LogP contribution in [0.4, 0.5) is 0 Å². The lowest BCUT2D eigenvalue weighted by atomic mass is 9.92. The molecule has 0 aliphatic heterocycles. The first-order chi connectivity index (χ1) is 6.95. The lowest BCUT2D eigenvalue weighted by molar-refractivity contribution is 1.21. The van der Waals surface area contributed by atoms with E-state index in [1.54, 1.807) is 0 Å². The van der Waals surface area contributed by atoms with E-state index in [0.29, 0.717) is 0 Å². The quantitative estimate of drug-likeness (QED) is 0.580. The first kappa shape index (κ1) is 7.81. The van der Waals surface area contributed by atoms with Crippen molar-refractivity contribution >= 4 is 10.8 Å². The molecule has 2 aromatic carbocycles. The van der Waals surface area contributed by atoms with Gasteiger partial charge in [-0.3, -0.25) is 0 Å². The number of allylic oxidation sites excluding steroid dienone is 2. The summed E-state index contributed by atoms with van der Waals surface area (Å²) in [5.41, 5.74) is 2.83. The van der Waals surface area contributed by atoms with Crippen molar-refractivity contribution in [1.29, 1.82) is 0 Å². The summed E-state index contributed by atoms with van der Waals surface area (Å²) in [6.45, 7) is 0. The first-order valence-corrected chi connectivity index (χ1v) is 4.96. The average Bonchev–Trinajstić information content (AvgIpc) is 2.29. The molecule has 0 bridgehead atoms. The SMILES string of the molecule is [CH]1C=CCc2ccc3ccccc3c21. The molecule has 14 heavy (non-hydrogen) atoms. The van der Waals surface area contributed by atoms with Crippen LogP contribution in [0.5, 0.6) is 0 Å². The van der Waals surface area contributed by atoms with Gasteiger partial charge in [0.05, 0.1) is 0 Å². The van der Waals surface area contributed by atoms with E-state index < -0.39 is 0 Å². The van der Waals surface area contributed by atoms with Gasteiger partial charge in [0.25, 0.3) is 0 Å². The van der Waals surface area contributed by atoms with Crippen LogP contribution in [0.2, 0.25) is 0 Å². The minimum atomic E-state index is 1.07. The van der Waals surface area contributed by atoms with Crippen molar-refractivity contribution in [2.75, 3.05) is 0 Å². The lowest BCUT2D eigenvalue weighted by Crippen LogP contribution is -1.96. The normalized spacial score (nSPS) is 14.3. The zero-order chi connectivity index (χ0) is 9.38. The van der Waals surface area contributed by atoms with Crippen LogP contribution in [-0.4, -0.2) is 0 Å². The standard InChI is InChI=1S/C14H11/c1-3-7-13-11(5-1)9-10-12-6-2-4-8-14(12)13/h1-5,7-10H,6H2. The molecule has 2 aromatic rings. The molecular formula is C14H11. The summed E-state index contributed by atoms with van der Waals surface area (Å²) in [5, 5.41) is 2.70. The van der Waals surface area contributed by atoms with Gasteiger partial charge < -0.3 is 0 Å². The third-order valence-electron chi connectivity index (χ3n) is 2.80. The number of hydrogen-bond acceptors (Lipinski definition) is 0. The zero-order valence-corrected chi connectivity index (χ0v) is 7.90. The van der Waals surface area contributed by atoms with Gasteiger partial charge in [-0.05, 0) is 28.3 Å². The minimum Gasteiger partial charge on any atom is -0.0835 e. The third kappa shape index (κ3) is 1.07. The highest BCUT2D eigenvalue weighted by Crippen LogP contribution is 2.27. The highest BCUT2D eigenvalue weighted by Gasteiger charge is 2.07. The summed E-state index contributed by atoms with van der Waals surface area (Å²) in [5.74, 6) is 0. The van der Waals surface area contributed by atoms with E-state index in [2.05, 4.69) is 55.0 Å². The molecule has 0 amide bonds. The molecule has 0 saturated carbocycles. The Labute approximate surface area is 83.9 Å². The second-order valence-corrected chi connectivity index (χ2v) is 3.66. The Hall–Kier alpha value is -1.56. The largest absolute Gasteiger partial charge is 0.0835 e. The van der Waals surface area contributed by atoms with Gasteiger partial charge in [0.15, 0.2) is 0 Å². The maximum absolute atomic E-state index is 2.23. The van der Waals surface area contributed by atoms with Crippen molar-refractivity contribution in [2.45, 2.75) is 6.42 Å². The molecule has 0 heteroatoms. The summed E-state index contributed by atoms with van der Waals surface area (Å²) in [6, 6.07) is 13.0. The van der Waals surface area contributed by atoms with Gasteiger partial charge in [0.2, 0.25) is 0 Å². The number of rotatable bonds is 0. The van der Waals surface area contributed by atoms with Gasteiger partial charge in [0, 0.05) is 6.42 Å². The molecule has 0 aromatic heterocycles. The predicted octanol–water partition coefficient (Wildman–Crippen LogP) is 3.50. The van der Waals surface area contributed by atoms with E-state index in [0.717, 1.165) is 6.42 Å². The Morgan fingerprint density at radius 2 is 1.86 bits per heavy atom. The fourth-order valence-electron chi connectivity index (χ4n) is 2.07. The zero-order valence-electron chi connectivity index (χ0n) is 7.90. The van der Waals surface area contributed by atoms with Gasteiger partial charge in [0.1, 0.15) is 0 Å². The monoisotopic (exact) mass is 179 g/mol. The van der Waals surface area contributed by atoms with Crippen LogP contribution in [-0.2, 0) is 6.42 Å². The molecule has 1 aliphatic rings. The second-order valence-electron chi connectivity index (χ2n) is 3.66. The Morgan fingerprint density at radius 1 is 0.929 bits per heavy atom. The summed E-state index contributed by atoms with van der Waals surface area (Å²) >= 11 is 0. The number of fused-ring (bicyclic) bond motifs is 3. The highest BCUT2D eigenvalue weighted by molar-refractivity contribution is 5.88. The van der Waals surface area contributed by atoms with E-state index in [-0.39, 0.29) is 0 Å². The van der Waals surface area contributed by atoms with Crippen molar-refractivity contribution in [3.8, 4) is 0 Å². The number of benzene rings is 2. The van der Waals surface area contributed by atoms with Crippen molar-refractivity contribution in [1.82, 2.24) is 0 Å². The molecule has 3 rings (SSSR count). The van der Waals surface area contributed by atoms with Crippen LogP contribution in [0, 0.1) is 6.42 Å². The lowest BCUT2D eigenvalue weighted by Gasteiger charge is -2.13. The van der Waals surface area contributed by atoms with Crippen LogP contribution in [0.1, 0.15) is 11.1 Å². The van der Waals surface area contributed by atoms with Gasteiger partial charge in [-0.2, -0.15) is 0 Å². The van der Waals surface area contributed by atoms with Gasteiger partial charge in [-0.15, -0.1) is 0 Å². The van der Waals surface area contributed by atoms with Crippen LogP contribution in [0.25, 0.3) is 10.8 Å². The maximum atomic E-state index is 2.23. The fraction of sp³-hybridized carbons (Fsp3) is 0.0714. The Balaban J connectivity index is 2.37. The summed E-state index contributed by atoms with van der Waals surface area (Å²) in [6.07, 6.45) is 7.63. The molecular weight excluding hydrogens is 168 g/mol. The van der Waals surface area contributed by atoms with Crippen LogP contribution in [0.3, 0.4) is 0 Å².